The number of hydrogen-bond acceptors (Lipinski definition) is 4. The largest absolute Gasteiger partial charge is 0.490 e. The van der Waals surface area contributed by atoms with Gasteiger partial charge in [-0.1, -0.05) is 18.2 Å². The predicted octanol–water partition coefficient (Wildman–Crippen LogP) is 3.16. The molecule has 0 atom stereocenters. The zero-order valence-corrected chi connectivity index (χ0v) is 18.4. The fourth-order valence-electron chi connectivity index (χ4n) is 2.58. The van der Waals surface area contributed by atoms with Gasteiger partial charge in [-0.15, -0.1) is 24.0 Å². The molecular formula is C20H30IN5O. The zero-order valence-electron chi connectivity index (χ0n) is 16.1. The van der Waals surface area contributed by atoms with Crippen molar-refractivity contribution < 1.29 is 4.74 Å². The van der Waals surface area contributed by atoms with E-state index in [0.29, 0.717) is 13.2 Å². The van der Waals surface area contributed by atoms with Crippen molar-refractivity contribution in [1.82, 2.24) is 15.6 Å². The molecule has 148 valence electrons. The van der Waals surface area contributed by atoms with Crippen LogP contribution in [-0.4, -0.2) is 50.8 Å². The maximum Gasteiger partial charge on any atom is 0.191 e. The third-order valence-corrected chi connectivity index (χ3v) is 3.92. The number of pyridine rings is 1. The quantitative estimate of drug-likeness (QED) is 0.235. The summed E-state index contributed by atoms with van der Waals surface area (Å²) < 4.78 is 5.61. The molecule has 6 nitrogen and oxygen atoms in total. The standard InChI is InChI=1S/C20H29N5O.HI/c1-3-25(18-9-5-4-6-10-18)15-8-13-23-20(21-2)24-14-16-26-19-11-7-12-22-17-19;/h4-7,9-12,17H,3,8,13-16H2,1-2H3,(H2,21,23,24);1H. The van der Waals surface area contributed by atoms with Crippen molar-refractivity contribution in [3.05, 3.63) is 54.9 Å². The molecule has 0 radical (unpaired) electrons. The van der Waals surface area contributed by atoms with Gasteiger partial charge in [-0.05, 0) is 37.6 Å². The molecule has 1 heterocycles. The third-order valence-electron chi connectivity index (χ3n) is 3.92. The molecule has 0 bridgehead atoms. The first kappa shape index (κ1) is 23.0. The summed E-state index contributed by atoms with van der Waals surface area (Å²) >= 11 is 0. The van der Waals surface area contributed by atoms with Crippen molar-refractivity contribution in [2.45, 2.75) is 13.3 Å². The molecule has 0 aliphatic carbocycles. The lowest BCUT2D eigenvalue weighted by molar-refractivity contribution is 0.320. The Morgan fingerprint density at radius 2 is 1.89 bits per heavy atom. The Morgan fingerprint density at radius 3 is 2.56 bits per heavy atom. The summed E-state index contributed by atoms with van der Waals surface area (Å²) in [4.78, 5) is 10.6. The number of nitrogens with one attached hydrogen (secondary N) is 2. The van der Waals surface area contributed by atoms with Crippen LogP contribution in [0.15, 0.2) is 59.9 Å². The molecule has 1 aromatic carbocycles. The van der Waals surface area contributed by atoms with E-state index in [4.69, 9.17) is 4.74 Å². The van der Waals surface area contributed by atoms with Crippen LogP contribution in [0, 0.1) is 0 Å². The van der Waals surface area contributed by atoms with Crippen LogP contribution in [0.2, 0.25) is 0 Å². The van der Waals surface area contributed by atoms with E-state index >= 15 is 0 Å². The van der Waals surface area contributed by atoms with E-state index in [-0.39, 0.29) is 24.0 Å². The fourth-order valence-corrected chi connectivity index (χ4v) is 2.58. The molecule has 2 aromatic rings. The lowest BCUT2D eigenvalue weighted by Crippen LogP contribution is -2.40. The molecule has 27 heavy (non-hydrogen) atoms. The predicted molar refractivity (Wildman–Crippen MR) is 123 cm³/mol. The summed E-state index contributed by atoms with van der Waals surface area (Å²) in [5, 5.41) is 6.60. The molecule has 0 unspecified atom stereocenters. The Labute approximate surface area is 179 Å². The second-order valence-corrected chi connectivity index (χ2v) is 5.73. The number of para-hydroxylation sites is 1. The minimum absolute atomic E-state index is 0. The van der Waals surface area contributed by atoms with Crippen LogP contribution < -0.4 is 20.3 Å². The highest BCUT2D eigenvalue weighted by molar-refractivity contribution is 14.0. The van der Waals surface area contributed by atoms with Gasteiger partial charge >= 0.3 is 0 Å². The van der Waals surface area contributed by atoms with E-state index in [0.717, 1.165) is 37.8 Å². The summed E-state index contributed by atoms with van der Waals surface area (Å²) in [6.07, 6.45) is 4.48. The van der Waals surface area contributed by atoms with E-state index in [1.54, 1.807) is 19.4 Å². The number of anilines is 1. The SMILES string of the molecule is CCN(CCCNC(=NC)NCCOc1cccnc1)c1ccccc1.I. The average molecular weight is 483 g/mol. The highest BCUT2D eigenvalue weighted by Gasteiger charge is 2.03. The van der Waals surface area contributed by atoms with Gasteiger partial charge in [0.15, 0.2) is 5.96 Å². The molecule has 2 N–H and O–H groups in total. The second kappa shape index (κ2) is 14.1. The lowest BCUT2D eigenvalue weighted by atomic mass is 10.2. The number of aliphatic imine (C=N–C) groups is 1. The molecule has 0 aliphatic rings. The van der Waals surface area contributed by atoms with Gasteiger partial charge < -0.3 is 20.3 Å². The Balaban J connectivity index is 0.00000364. The van der Waals surface area contributed by atoms with Gasteiger partial charge in [0, 0.05) is 38.6 Å². The van der Waals surface area contributed by atoms with E-state index in [2.05, 4.69) is 56.7 Å². The van der Waals surface area contributed by atoms with Crippen LogP contribution >= 0.6 is 24.0 Å². The number of hydrogen-bond donors (Lipinski definition) is 2. The first-order valence-electron chi connectivity index (χ1n) is 9.10. The zero-order chi connectivity index (χ0) is 18.5. The molecule has 0 fully saturated rings. The summed E-state index contributed by atoms with van der Waals surface area (Å²) in [6, 6.07) is 14.3. The van der Waals surface area contributed by atoms with E-state index in [9.17, 15) is 0 Å². The van der Waals surface area contributed by atoms with Crippen LogP contribution in [0.25, 0.3) is 0 Å². The summed E-state index contributed by atoms with van der Waals surface area (Å²) in [5.41, 5.74) is 1.27. The molecule has 7 heteroatoms. The van der Waals surface area contributed by atoms with Crippen molar-refractivity contribution in [1.29, 1.82) is 0 Å². The van der Waals surface area contributed by atoms with Gasteiger partial charge in [0.05, 0.1) is 12.7 Å². The number of halogens is 1. The number of ether oxygens (including phenoxy) is 1. The van der Waals surface area contributed by atoms with Crippen molar-refractivity contribution >= 4 is 35.6 Å². The van der Waals surface area contributed by atoms with E-state index in [1.807, 2.05) is 18.2 Å². The molecule has 0 saturated carbocycles. The van der Waals surface area contributed by atoms with Crippen molar-refractivity contribution in [2.75, 3.05) is 44.7 Å². The summed E-state index contributed by atoms with van der Waals surface area (Å²) in [7, 11) is 1.78. The van der Waals surface area contributed by atoms with Gasteiger partial charge in [0.1, 0.15) is 12.4 Å². The molecule has 2 rings (SSSR count). The van der Waals surface area contributed by atoms with Crippen LogP contribution in [-0.2, 0) is 0 Å². The lowest BCUT2D eigenvalue weighted by Gasteiger charge is -2.23. The maximum atomic E-state index is 5.61. The Kier molecular flexibility index (Phi) is 12.0. The Morgan fingerprint density at radius 1 is 1.11 bits per heavy atom. The van der Waals surface area contributed by atoms with Crippen molar-refractivity contribution in [2.24, 2.45) is 4.99 Å². The highest BCUT2D eigenvalue weighted by atomic mass is 127. The highest BCUT2D eigenvalue weighted by Crippen LogP contribution is 2.12. The summed E-state index contributed by atoms with van der Waals surface area (Å²) in [5.74, 6) is 1.57. The molecule has 0 saturated heterocycles. The van der Waals surface area contributed by atoms with E-state index in [1.165, 1.54) is 5.69 Å². The third kappa shape index (κ3) is 8.94. The molecule has 0 spiro atoms. The number of guanidine groups is 1. The van der Waals surface area contributed by atoms with Gasteiger partial charge in [-0.2, -0.15) is 0 Å². The molecular weight excluding hydrogens is 453 g/mol. The molecule has 0 amide bonds. The van der Waals surface area contributed by atoms with E-state index < -0.39 is 0 Å². The fraction of sp³-hybridized carbons (Fsp3) is 0.400. The van der Waals surface area contributed by atoms with Crippen molar-refractivity contribution in [3.63, 3.8) is 0 Å². The Bertz CT molecular complexity index is 639. The smallest absolute Gasteiger partial charge is 0.191 e. The number of benzene rings is 1. The minimum atomic E-state index is 0. The number of aromatic nitrogens is 1. The van der Waals surface area contributed by atoms with Crippen LogP contribution in [0.5, 0.6) is 5.75 Å². The van der Waals surface area contributed by atoms with Gasteiger partial charge in [-0.25, -0.2) is 0 Å². The average Bonchev–Trinajstić information content (AvgIpc) is 2.71. The number of rotatable bonds is 10. The van der Waals surface area contributed by atoms with Crippen LogP contribution in [0.3, 0.4) is 0 Å². The van der Waals surface area contributed by atoms with Gasteiger partial charge in [-0.3, -0.25) is 9.98 Å². The molecule has 1 aromatic heterocycles. The topological polar surface area (TPSA) is 61.8 Å². The molecule has 0 aliphatic heterocycles. The van der Waals surface area contributed by atoms with Crippen molar-refractivity contribution in [3.8, 4) is 5.75 Å². The first-order chi connectivity index (χ1) is 12.8. The van der Waals surface area contributed by atoms with Gasteiger partial charge in [0.25, 0.3) is 0 Å². The monoisotopic (exact) mass is 483 g/mol. The number of nitrogens with zero attached hydrogens (tertiary/aromatic N) is 3. The maximum absolute atomic E-state index is 5.61. The Hall–Kier alpha value is -2.03. The van der Waals surface area contributed by atoms with Gasteiger partial charge in [0.2, 0.25) is 0 Å². The first-order valence-corrected chi connectivity index (χ1v) is 9.10. The normalized spacial score (nSPS) is 10.7. The second-order valence-electron chi connectivity index (χ2n) is 5.73. The summed E-state index contributed by atoms with van der Waals surface area (Å²) in [6.45, 7) is 6.30. The van der Waals surface area contributed by atoms with Crippen LogP contribution in [0.1, 0.15) is 13.3 Å². The van der Waals surface area contributed by atoms with Crippen LogP contribution in [0.4, 0.5) is 5.69 Å². The minimum Gasteiger partial charge on any atom is -0.490 e.